The maximum atomic E-state index is 12.7. The van der Waals surface area contributed by atoms with Crippen LogP contribution in [0.1, 0.15) is 23.6 Å². The Balaban J connectivity index is 2.44. The van der Waals surface area contributed by atoms with Gasteiger partial charge in [0.1, 0.15) is 5.75 Å². The molecule has 0 amide bonds. The van der Waals surface area contributed by atoms with E-state index in [4.69, 9.17) is 16.3 Å². The molecule has 23 heavy (non-hydrogen) atoms. The van der Waals surface area contributed by atoms with E-state index >= 15 is 0 Å². The van der Waals surface area contributed by atoms with E-state index in [0.717, 1.165) is 5.56 Å². The van der Waals surface area contributed by atoms with Crippen molar-refractivity contribution >= 4 is 27.3 Å². The van der Waals surface area contributed by atoms with Crippen LogP contribution in [0.2, 0.25) is 5.02 Å². The van der Waals surface area contributed by atoms with E-state index in [0.29, 0.717) is 34.2 Å². The van der Waals surface area contributed by atoms with Crippen LogP contribution in [0.5, 0.6) is 5.75 Å². The molecule has 0 aliphatic rings. The molecular formula is C17H20ClNO3S. The maximum Gasteiger partial charge on any atom is 0.262 e. The van der Waals surface area contributed by atoms with Gasteiger partial charge in [0.15, 0.2) is 0 Å². The molecule has 6 heteroatoms. The molecule has 0 saturated heterocycles. The van der Waals surface area contributed by atoms with Gasteiger partial charge in [-0.1, -0.05) is 17.7 Å². The molecule has 1 N–H and O–H groups in total. The Hall–Kier alpha value is -1.72. The predicted molar refractivity (Wildman–Crippen MR) is 94.1 cm³/mol. The predicted octanol–water partition coefficient (Wildman–Crippen LogP) is 4.46. The van der Waals surface area contributed by atoms with Crippen LogP contribution >= 0.6 is 11.6 Å². The number of hydrogen-bond acceptors (Lipinski definition) is 3. The number of sulfonamides is 1. The number of anilines is 1. The summed E-state index contributed by atoms with van der Waals surface area (Å²) in [6, 6.07) is 8.50. The summed E-state index contributed by atoms with van der Waals surface area (Å²) in [5, 5.41) is 0.518. The smallest absolute Gasteiger partial charge is 0.262 e. The molecule has 0 aromatic heterocycles. The van der Waals surface area contributed by atoms with Gasteiger partial charge in [-0.3, -0.25) is 4.72 Å². The first kappa shape index (κ1) is 17.6. The molecule has 0 heterocycles. The Kier molecular flexibility index (Phi) is 5.22. The zero-order valence-electron chi connectivity index (χ0n) is 13.6. The van der Waals surface area contributed by atoms with Gasteiger partial charge in [0.05, 0.1) is 17.2 Å². The zero-order valence-corrected chi connectivity index (χ0v) is 15.2. The summed E-state index contributed by atoms with van der Waals surface area (Å²) in [5.74, 6) is 0.697. The molecule has 2 aromatic rings. The van der Waals surface area contributed by atoms with Crippen molar-refractivity contribution in [1.82, 2.24) is 0 Å². The molecule has 124 valence electrons. The molecule has 0 atom stereocenters. The topological polar surface area (TPSA) is 55.4 Å². The van der Waals surface area contributed by atoms with E-state index in [1.807, 2.05) is 13.8 Å². The highest BCUT2D eigenvalue weighted by atomic mass is 35.5. The number of nitrogens with one attached hydrogen (secondary N) is 1. The van der Waals surface area contributed by atoms with Gasteiger partial charge in [0.25, 0.3) is 10.0 Å². The minimum atomic E-state index is -3.70. The fourth-order valence-corrected chi connectivity index (χ4v) is 3.89. The number of aryl methyl sites for hydroxylation is 2. The first-order valence-electron chi connectivity index (χ1n) is 7.28. The van der Waals surface area contributed by atoms with Crippen LogP contribution < -0.4 is 9.46 Å². The third kappa shape index (κ3) is 3.79. The summed E-state index contributed by atoms with van der Waals surface area (Å²) >= 11 is 6.05. The molecule has 0 aliphatic carbocycles. The molecule has 0 unspecified atom stereocenters. The molecule has 0 aliphatic heterocycles. The highest BCUT2D eigenvalue weighted by Crippen LogP contribution is 2.29. The molecular weight excluding hydrogens is 334 g/mol. The summed E-state index contributed by atoms with van der Waals surface area (Å²) < 4.78 is 33.5. The SMILES string of the molecule is CCOc1cc(C)c(S(=O)(=O)Nc2cccc(Cl)c2C)cc1C. The number of rotatable bonds is 5. The van der Waals surface area contributed by atoms with E-state index < -0.39 is 10.0 Å². The van der Waals surface area contributed by atoms with Crippen LogP contribution in [0.4, 0.5) is 5.69 Å². The summed E-state index contributed by atoms with van der Waals surface area (Å²) in [4.78, 5) is 0.234. The Morgan fingerprint density at radius 2 is 1.83 bits per heavy atom. The molecule has 0 saturated carbocycles. The molecule has 4 nitrogen and oxygen atoms in total. The van der Waals surface area contributed by atoms with E-state index in [1.54, 1.807) is 44.2 Å². The Bertz CT molecular complexity index is 832. The second-order valence-electron chi connectivity index (χ2n) is 5.33. The lowest BCUT2D eigenvalue weighted by molar-refractivity contribution is 0.337. The van der Waals surface area contributed by atoms with Crippen LogP contribution in [-0.4, -0.2) is 15.0 Å². The minimum Gasteiger partial charge on any atom is -0.494 e. The molecule has 0 radical (unpaired) electrons. The van der Waals surface area contributed by atoms with Crippen molar-refractivity contribution in [2.24, 2.45) is 0 Å². The Morgan fingerprint density at radius 1 is 1.13 bits per heavy atom. The van der Waals surface area contributed by atoms with Gasteiger partial charge in [-0.15, -0.1) is 0 Å². The van der Waals surface area contributed by atoms with Gasteiger partial charge >= 0.3 is 0 Å². The van der Waals surface area contributed by atoms with E-state index in [1.165, 1.54) is 0 Å². The number of halogens is 1. The Morgan fingerprint density at radius 3 is 2.48 bits per heavy atom. The monoisotopic (exact) mass is 353 g/mol. The number of hydrogen-bond donors (Lipinski definition) is 1. The molecule has 2 rings (SSSR count). The lowest BCUT2D eigenvalue weighted by Gasteiger charge is -2.15. The number of benzene rings is 2. The highest BCUT2D eigenvalue weighted by Gasteiger charge is 2.20. The average Bonchev–Trinajstić information content (AvgIpc) is 2.47. The first-order valence-corrected chi connectivity index (χ1v) is 9.14. The third-order valence-corrected chi connectivity index (χ3v) is 5.49. The second-order valence-corrected chi connectivity index (χ2v) is 7.39. The van der Waals surface area contributed by atoms with Gasteiger partial charge in [0.2, 0.25) is 0 Å². The highest BCUT2D eigenvalue weighted by molar-refractivity contribution is 7.92. The zero-order chi connectivity index (χ0) is 17.2. The van der Waals surface area contributed by atoms with E-state index in [-0.39, 0.29) is 4.90 Å². The fraction of sp³-hybridized carbons (Fsp3) is 0.294. The first-order chi connectivity index (χ1) is 10.8. The molecule has 0 spiro atoms. The van der Waals surface area contributed by atoms with Crippen molar-refractivity contribution < 1.29 is 13.2 Å². The summed E-state index contributed by atoms with van der Waals surface area (Å²) in [5.41, 5.74) is 2.58. The molecule has 2 aromatic carbocycles. The summed E-state index contributed by atoms with van der Waals surface area (Å²) in [7, 11) is -3.70. The van der Waals surface area contributed by atoms with Crippen LogP contribution in [0, 0.1) is 20.8 Å². The fourth-order valence-electron chi connectivity index (χ4n) is 2.28. The van der Waals surface area contributed by atoms with Gasteiger partial charge in [-0.2, -0.15) is 0 Å². The van der Waals surface area contributed by atoms with Crippen molar-refractivity contribution in [2.45, 2.75) is 32.6 Å². The lowest BCUT2D eigenvalue weighted by Crippen LogP contribution is -2.15. The minimum absolute atomic E-state index is 0.234. The van der Waals surface area contributed by atoms with Crippen molar-refractivity contribution in [1.29, 1.82) is 0 Å². The Labute approximate surface area is 142 Å². The summed E-state index contributed by atoms with van der Waals surface area (Å²) in [6.07, 6.45) is 0. The normalized spacial score (nSPS) is 11.3. The standard InChI is InChI=1S/C17H20ClNO3S/c1-5-22-16-9-12(3)17(10-11(16)2)23(20,21)19-15-8-6-7-14(18)13(15)4/h6-10,19H,5H2,1-4H3. The maximum absolute atomic E-state index is 12.7. The summed E-state index contributed by atoms with van der Waals surface area (Å²) in [6.45, 7) is 7.78. The van der Waals surface area contributed by atoms with Crippen molar-refractivity contribution in [3.63, 3.8) is 0 Å². The van der Waals surface area contributed by atoms with E-state index in [2.05, 4.69) is 4.72 Å². The van der Waals surface area contributed by atoms with Crippen LogP contribution in [-0.2, 0) is 10.0 Å². The number of ether oxygens (including phenoxy) is 1. The quantitative estimate of drug-likeness (QED) is 0.863. The van der Waals surface area contributed by atoms with Gasteiger partial charge in [-0.05, 0) is 68.7 Å². The van der Waals surface area contributed by atoms with Gasteiger partial charge in [0, 0.05) is 5.02 Å². The molecule has 0 bridgehead atoms. The van der Waals surface area contributed by atoms with Crippen LogP contribution in [0.3, 0.4) is 0 Å². The lowest BCUT2D eigenvalue weighted by atomic mass is 10.1. The third-order valence-electron chi connectivity index (χ3n) is 3.57. The molecule has 0 fully saturated rings. The largest absolute Gasteiger partial charge is 0.494 e. The van der Waals surface area contributed by atoms with Crippen LogP contribution in [0.25, 0.3) is 0 Å². The van der Waals surface area contributed by atoms with Crippen molar-refractivity contribution in [3.05, 3.63) is 52.0 Å². The second kappa shape index (κ2) is 6.81. The van der Waals surface area contributed by atoms with Gasteiger partial charge in [-0.25, -0.2) is 8.42 Å². The van der Waals surface area contributed by atoms with Gasteiger partial charge < -0.3 is 4.74 Å². The van der Waals surface area contributed by atoms with Crippen molar-refractivity contribution in [2.75, 3.05) is 11.3 Å². The van der Waals surface area contributed by atoms with Crippen molar-refractivity contribution in [3.8, 4) is 5.75 Å². The average molecular weight is 354 g/mol. The van der Waals surface area contributed by atoms with Crippen LogP contribution in [0.15, 0.2) is 35.2 Å². The van der Waals surface area contributed by atoms with E-state index in [9.17, 15) is 8.42 Å².